The Morgan fingerprint density at radius 2 is 1.97 bits per heavy atom. The number of carbonyl (C=O) groups excluding carboxylic acids is 1. The van der Waals surface area contributed by atoms with Gasteiger partial charge in [0, 0.05) is 38.2 Å². The van der Waals surface area contributed by atoms with Crippen molar-refractivity contribution < 1.29 is 9.53 Å². The quantitative estimate of drug-likeness (QED) is 0.675. The lowest BCUT2D eigenvalue weighted by molar-refractivity contribution is -0.134. The zero-order chi connectivity index (χ0) is 21.3. The van der Waals surface area contributed by atoms with Crippen molar-refractivity contribution in [3.63, 3.8) is 0 Å². The molecule has 4 rings (SSSR count). The molecule has 2 N–H and O–H groups in total. The zero-order valence-electron chi connectivity index (χ0n) is 18.3. The van der Waals surface area contributed by atoms with Crippen molar-refractivity contribution in [2.75, 3.05) is 32.1 Å². The van der Waals surface area contributed by atoms with E-state index in [1.54, 1.807) is 7.11 Å². The van der Waals surface area contributed by atoms with E-state index in [0.717, 1.165) is 55.4 Å². The number of anilines is 1. The van der Waals surface area contributed by atoms with E-state index in [-0.39, 0.29) is 11.7 Å². The zero-order valence-corrected chi connectivity index (χ0v) is 19.1. The van der Waals surface area contributed by atoms with Crippen LogP contribution in [0.25, 0.3) is 0 Å². The summed E-state index contributed by atoms with van der Waals surface area (Å²) in [6.45, 7) is 6.95. The van der Waals surface area contributed by atoms with Crippen LogP contribution in [0.2, 0.25) is 0 Å². The van der Waals surface area contributed by atoms with E-state index in [0.29, 0.717) is 17.7 Å². The smallest absolute Gasteiger partial charge is 0.241 e. The van der Waals surface area contributed by atoms with Crippen molar-refractivity contribution in [2.24, 2.45) is 11.8 Å². The molecule has 2 aliphatic heterocycles. The Hall–Kier alpha value is -1.86. The van der Waals surface area contributed by atoms with E-state index in [1.807, 2.05) is 24.3 Å². The van der Waals surface area contributed by atoms with E-state index in [2.05, 4.69) is 34.3 Å². The maximum Gasteiger partial charge on any atom is 0.241 e. The highest BCUT2D eigenvalue weighted by Crippen LogP contribution is 2.39. The van der Waals surface area contributed by atoms with Gasteiger partial charge in [-0.15, -0.1) is 0 Å². The van der Waals surface area contributed by atoms with E-state index in [4.69, 9.17) is 17.0 Å². The van der Waals surface area contributed by atoms with Crippen LogP contribution in [0, 0.1) is 11.8 Å². The summed E-state index contributed by atoms with van der Waals surface area (Å²) in [5.41, 5.74) is 0.752. The van der Waals surface area contributed by atoms with Crippen LogP contribution in [0.1, 0.15) is 46.0 Å². The molecule has 164 valence electrons. The third-order valence-electron chi connectivity index (χ3n) is 7.04. The molecule has 7 heteroatoms. The van der Waals surface area contributed by atoms with Gasteiger partial charge in [-0.2, -0.15) is 0 Å². The molecule has 1 aromatic rings. The molecule has 1 aromatic carbocycles. The van der Waals surface area contributed by atoms with E-state index < -0.39 is 0 Å². The average Bonchev–Trinajstić information content (AvgIpc) is 3.56. The number of rotatable bonds is 6. The van der Waals surface area contributed by atoms with Crippen LogP contribution in [-0.4, -0.2) is 59.3 Å². The number of thiocarbonyl (C=S) groups is 1. The number of ether oxygens (including phenoxy) is 1. The number of nitrogens with zero attached hydrogens (tertiary/aromatic N) is 2. The van der Waals surface area contributed by atoms with Crippen LogP contribution in [-0.2, 0) is 4.79 Å². The molecule has 2 heterocycles. The molecule has 1 spiro atoms. The Morgan fingerprint density at radius 1 is 1.30 bits per heavy atom. The lowest BCUT2D eigenvalue weighted by Crippen LogP contribution is -2.60. The predicted molar refractivity (Wildman–Crippen MR) is 124 cm³/mol. The van der Waals surface area contributed by atoms with Crippen molar-refractivity contribution >= 4 is 28.9 Å². The van der Waals surface area contributed by atoms with Gasteiger partial charge in [0.2, 0.25) is 5.91 Å². The molecule has 0 bridgehead atoms. The van der Waals surface area contributed by atoms with Crippen LogP contribution >= 0.6 is 12.2 Å². The van der Waals surface area contributed by atoms with Crippen LogP contribution in [0.3, 0.4) is 0 Å². The molecular formula is C23H34N4O2S. The number of piperidine rings is 1. The highest BCUT2D eigenvalue weighted by Gasteiger charge is 2.53. The van der Waals surface area contributed by atoms with Crippen LogP contribution in [0.5, 0.6) is 5.75 Å². The second-order valence-corrected chi connectivity index (χ2v) is 9.46. The molecule has 30 heavy (non-hydrogen) atoms. The van der Waals surface area contributed by atoms with Gasteiger partial charge in [-0.1, -0.05) is 20.3 Å². The Kier molecular flexibility index (Phi) is 6.21. The van der Waals surface area contributed by atoms with Crippen molar-refractivity contribution in [1.82, 2.24) is 15.1 Å². The second-order valence-electron chi connectivity index (χ2n) is 9.08. The van der Waals surface area contributed by atoms with Gasteiger partial charge in [-0.3, -0.25) is 10.1 Å². The third-order valence-corrected chi connectivity index (χ3v) is 7.40. The Labute approximate surface area is 185 Å². The maximum absolute atomic E-state index is 13.3. The highest BCUT2D eigenvalue weighted by molar-refractivity contribution is 7.80. The molecule has 2 atom stereocenters. The van der Waals surface area contributed by atoms with Crippen molar-refractivity contribution in [3.05, 3.63) is 24.3 Å². The number of carbonyl (C=O) groups is 1. The van der Waals surface area contributed by atoms with Gasteiger partial charge in [0.05, 0.1) is 18.8 Å². The normalized spacial score (nSPS) is 24.2. The lowest BCUT2D eigenvalue weighted by atomic mass is 9.95. The molecule has 1 saturated carbocycles. The summed E-state index contributed by atoms with van der Waals surface area (Å²) in [5.74, 6) is 2.19. The SMILES string of the molecule is CC[C@H](C)[C@H]1NC2(CCN(C(=S)Nc3ccc(OC)cc3)CC2)N(CC2CC2)C1=O. The summed E-state index contributed by atoms with van der Waals surface area (Å²) in [5, 5.41) is 7.87. The summed E-state index contributed by atoms with van der Waals surface area (Å²) in [4.78, 5) is 17.7. The number of methoxy groups -OCH3 is 1. The summed E-state index contributed by atoms with van der Waals surface area (Å²) in [7, 11) is 1.66. The van der Waals surface area contributed by atoms with Crippen molar-refractivity contribution in [2.45, 2.75) is 57.7 Å². The molecule has 1 aliphatic carbocycles. The van der Waals surface area contributed by atoms with Gasteiger partial charge >= 0.3 is 0 Å². The van der Waals surface area contributed by atoms with Crippen LogP contribution in [0.4, 0.5) is 5.69 Å². The fourth-order valence-electron chi connectivity index (χ4n) is 4.62. The van der Waals surface area contributed by atoms with Gasteiger partial charge in [0.25, 0.3) is 0 Å². The molecule has 6 nitrogen and oxygen atoms in total. The van der Waals surface area contributed by atoms with E-state index in [9.17, 15) is 4.79 Å². The number of hydrogen-bond acceptors (Lipinski definition) is 4. The number of likely N-dealkylation sites (tertiary alicyclic amines) is 1. The molecule has 0 aromatic heterocycles. The maximum atomic E-state index is 13.3. The monoisotopic (exact) mass is 430 g/mol. The summed E-state index contributed by atoms with van der Waals surface area (Å²) < 4.78 is 5.22. The van der Waals surface area contributed by atoms with Gasteiger partial charge in [-0.05, 0) is 61.2 Å². The Balaban J connectivity index is 1.40. The van der Waals surface area contributed by atoms with Crippen LogP contribution in [0.15, 0.2) is 24.3 Å². The Bertz CT molecular complexity index is 772. The lowest BCUT2D eigenvalue weighted by Gasteiger charge is -2.45. The van der Waals surface area contributed by atoms with Crippen molar-refractivity contribution in [1.29, 1.82) is 0 Å². The molecule has 0 radical (unpaired) electrons. The second kappa shape index (κ2) is 8.71. The first-order chi connectivity index (χ1) is 14.5. The topological polar surface area (TPSA) is 56.8 Å². The first-order valence-electron chi connectivity index (χ1n) is 11.2. The Morgan fingerprint density at radius 3 is 2.53 bits per heavy atom. The minimum absolute atomic E-state index is 0.0512. The predicted octanol–water partition coefficient (Wildman–Crippen LogP) is 3.44. The molecular weight excluding hydrogens is 396 g/mol. The number of nitrogens with one attached hydrogen (secondary N) is 2. The van der Waals surface area contributed by atoms with Gasteiger partial charge in [0.15, 0.2) is 5.11 Å². The molecule has 1 amide bonds. The molecule has 3 aliphatic rings. The van der Waals surface area contributed by atoms with Gasteiger partial charge in [-0.25, -0.2) is 0 Å². The molecule has 3 fully saturated rings. The molecule has 0 unspecified atom stereocenters. The van der Waals surface area contributed by atoms with E-state index in [1.165, 1.54) is 12.8 Å². The molecule has 2 saturated heterocycles. The minimum Gasteiger partial charge on any atom is -0.497 e. The van der Waals surface area contributed by atoms with Gasteiger partial charge in [0.1, 0.15) is 5.75 Å². The number of amides is 1. The highest BCUT2D eigenvalue weighted by atomic mass is 32.1. The van der Waals surface area contributed by atoms with Gasteiger partial charge < -0.3 is 19.9 Å². The number of hydrogen-bond donors (Lipinski definition) is 2. The standard InChI is InChI=1S/C23H34N4O2S/c1-4-16(2)20-21(28)27(15-17-5-6-17)23(25-20)11-13-26(14-12-23)22(30)24-18-7-9-19(29-3)10-8-18/h7-10,16-17,20,25H,4-6,11-15H2,1-3H3,(H,24,30)/t16-,20+/m0/s1. The largest absolute Gasteiger partial charge is 0.497 e. The summed E-state index contributed by atoms with van der Waals surface area (Å²) in [6, 6.07) is 7.75. The average molecular weight is 431 g/mol. The summed E-state index contributed by atoms with van der Waals surface area (Å²) >= 11 is 5.68. The van der Waals surface area contributed by atoms with Crippen molar-refractivity contribution in [3.8, 4) is 5.75 Å². The fraction of sp³-hybridized carbons (Fsp3) is 0.652. The fourth-order valence-corrected chi connectivity index (χ4v) is 4.92. The number of benzene rings is 1. The summed E-state index contributed by atoms with van der Waals surface area (Å²) in [6.07, 6.45) is 5.34. The third kappa shape index (κ3) is 4.28. The van der Waals surface area contributed by atoms with Crippen LogP contribution < -0.4 is 15.4 Å². The first kappa shape index (κ1) is 21.4. The minimum atomic E-state index is -0.208. The van der Waals surface area contributed by atoms with E-state index >= 15 is 0 Å². The first-order valence-corrected chi connectivity index (χ1v) is 11.7.